The van der Waals surface area contributed by atoms with E-state index in [-0.39, 0.29) is 6.10 Å². The van der Waals surface area contributed by atoms with Crippen LogP contribution in [0.2, 0.25) is 0 Å². The van der Waals surface area contributed by atoms with E-state index in [1.54, 1.807) is 4.68 Å². The van der Waals surface area contributed by atoms with Gasteiger partial charge >= 0.3 is 0 Å². The number of aryl methyl sites for hydroxylation is 1. The number of rotatable bonds is 3. The summed E-state index contributed by atoms with van der Waals surface area (Å²) in [5.74, 6) is 0. The van der Waals surface area contributed by atoms with Crippen molar-refractivity contribution in [2.24, 2.45) is 12.8 Å². The summed E-state index contributed by atoms with van der Waals surface area (Å²) in [6.45, 7) is 0.692. The van der Waals surface area contributed by atoms with Gasteiger partial charge in [-0.1, -0.05) is 5.21 Å². The van der Waals surface area contributed by atoms with Crippen molar-refractivity contribution in [1.29, 1.82) is 0 Å². The molecule has 1 aromatic rings. The molecule has 0 aromatic carbocycles. The summed E-state index contributed by atoms with van der Waals surface area (Å²) in [4.78, 5) is 0. The van der Waals surface area contributed by atoms with Crippen molar-refractivity contribution >= 4 is 0 Å². The summed E-state index contributed by atoms with van der Waals surface area (Å²) < 4.78 is 7.51. The van der Waals surface area contributed by atoms with Gasteiger partial charge in [0.25, 0.3) is 0 Å². The molecule has 14 heavy (non-hydrogen) atoms. The van der Waals surface area contributed by atoms with Crippen LogP contribution in [-0.2, 0) is 11.8 Å². The molecule has 1 aromatic heterocycles. The van der Waals surface area contributed by atoms with Gasteiger partial charge in [-0.05, 0) is 25.8 Å². The first-order valence-electron chi connectivity index (χ1n) is 5.01. The molecule has 2 unspecified atom stereocenters. The Kier molecular flexibility index (Phi) is 2.79. The molecule has 2 heterocycles. The highest BCUT2D eigenvalue weighted by Crippen LogP contribution is 2.32. The molecule has 5 heteroatoms. The number of aromatic nitrogens is 3. The normalized spacial score (nSPS) is 27.0. The molecule has 0 saturated carbocycles. The third kappa shape index (κ3) is 1.93. The highest BCUT2D eigenvalue weighted by Gasteiger charge is 2.27. The summed E-state index contributed by atoms with van der Waals surface area (Å²) in [6, 6.07) is 0. The Balaban J connectivity index is 1.95. The number of hydrogen-bond acceptors (Lipinski definition) is 4. The van der Waals surface area contributed by atoms with Gasteiger partial charge in [0.05, 0.1) is 12.3 Å². The van der Waals surface area contributed by atoms with Crippen molar-refractivity contribution < 1.29 is 4.74 Å². The fourth-order valence-corrected chi connectivity index (χ4v) is 1.83. The average Bonchev–Trinajstić information content (AvgIpc) is 2.74. The standard InChI is InChI=1S/C9H16N4O/c1-13-6-8(11-12-13)9-3-2-7(14-9)4-5-10/h6-7,9H,2-5,10H2,1H3. The maximum absolute atomic E-state index is 5.81. The molecule has 0 spiro atoms. The summed E-state index contributed by atoms with van der Waals surface area (Å²) in [7, 11) is 1.86. The predicted molar refractivity (Wildman–Crippen MR) is 51.5 cm³/mol. The van der Waals surface area contributed by atoms with Crippen molar-refractivity contribution in [3.63, 3.8) is 0 Å². The van der Waals surface area contributed by atoms with Gasteiger partial charge in [0, 0.05) is 7.05 Å². The Morgan fingerprint density at radius 2 is 2.50 bits per heavy atom. The zero-order valence-corrected chi connectivity index (χ0v) is 8.39. The monoisotopic (exact) mass is 196 g/mol. The lowest BCUT2D eigenvalue weighted by atomic mass is 10.1. The van der Waals surface area contributed by atoms with Gasteiger partial charge in [-0.25, -0.2) is 0 Å². The van der Waals surface area contributed by atoms with E-state index >= 15 is 0 Å². The maximum Gasteiger partial charge on any atom is 0.111 e. The summed E-state index contributed by atoms with van der Waals surface area (Å²) in [5, 5.41) is 7.94. The number of nitrogens with zero attached hydrogens (tertiary/aromatic N) is 3. The Labute approximate surface area is 83.2 Å². The maximum atomic E-state index is 5.81. The predicted octanol–water partition coefficient (Wildman–Crippen LogP) is 0.384. The molecule has 2 N–H and O–H groups in total. The van der Waals surface area contributed by atoms with E-state index in [9.17, 15) is 0 Å². The van der Waals surface area contributed by atoms with Crippen LogP contribution < -0.4 is 5.73 Å². The van der Waals surface area contributed by atoms with Crippen LogP contribution in [0.3, 0.4) is 0 Å². The van der Waals surface area contributed by atoms with Crippen LogP contribution in [0, 0.1) is 0 Å². The molecule has 1 fully saturated rings. The van der Waals surface area contributed by atoms with E-state index in [0.717, 1.165) is 25.0 Å². The first kappa shape index (κ1) is 9.61. The quantitative estimate of drug-likeness (QED) is 0.759. The molecular formula is C9H16N4O. The van der Waals surface area contributed by atoms with E-state index in [4.69, 9.17) is 10.5 Å². The van der Waals surface area contributed by atoms with E-state index in [0.29, 0.717) is 12.6 Å². The van der Waals surface area contributed by atoms with Crippen LogP contribution >= 0.6 is 0 Å². The average molecular weight is 196 g/mol. The Morgan fingerprint density at radius 3 is 3.14 bits per heavy atom. The van der Waals surface area contributed by atoms with Crippen LogP contribution in [-0.4, -0.2) is 27.6 Å². The molecule has 0 amide bonds. The van der Waals surface area contributed by atoms with Crippen LogP contribution in [0.25, 0.3) is 0 Å². The lowest BCUT2D eigenvalue weighted by Crippen LogP contribution is -2.12. The highest BCUT2D eigenvalue weighted by molar-refractivity contribution is 5.00. The van der Waals surface area contributed by atoms with E-state index < -0.39 is 0 Å². The second-order valence-electron chi connectivity index (χ2n) is 3.72. The van der Waals surface area contributed by atoms with Gasteiger partial charge < -0.3 is 10.5 Å². The van der Waals surface area contributed by atoms with Crippen LogP contribution in [0.15, 0.2) is 6.20 Å². The van der Waals surface area contributed by atoms with Crippen LogP contribution in [0.1, 0.15) is 31.1 Å². The molecule has 0 bridgehead atoms. The number of ether oxygens (including phenoxy) is 1. The summed E-state index contributed by atoms with van der Waals surface area (Å²) in [6.07, 6.45) is 5.40. The number of nitrogens with two attached hydrogens (primary N) is 1. The second-order valence-corrected chi connectivity index (χ2v) is 3.72. The Morgan fingerprint density at radius 1 is 1.64 bits per heavy atom. The smallest absolute Gasteiger partial charge is 0.111 e. The summed E-state index contributed by atoms with van der Waals surface area (Å²) in [5.41, 5.74) is 6.42. The minimum atomic E-state index is 0.125. The SMILES string of the molecule is Cn1cc(C2CCC(CCN)O2)nn1. The zero-order valence-electron chi connectivity index (χ0n) is 8.39. The van der Waals surface area contributed by atoms with Crippen molar-refractivity contribution in [2.75, 3.05) is 6.54 Å². The van der Waals surface area contributed by atoms with Crippen molar-refractivity contribution in [3.8, 4) is 0 Å². The largest absolute Gasteiger partial charge is 0.369 e. The van der Waals surface area contributed by atoms with Crippen molar-refractivity contribution in [2.45, 2.75) is 31.5 Å². The van der Waals surface area contributed by atoms with Crippen LogP contribution in [0.5, 0.6) is 0 Å². The molecule has 5 nitrogen and oxygen atoms in total. The Hall–Kier alpha value is -0.940. The van der Waals surface area contributed by atoms with Gasteiger partial charge in [0.15, 0.2) is 0 Å². The first-order valence-corrected chi connectivity index (χ1v) is 5.01. The van der Waals surface area contributed by atoms with E-state index in [2.05, 4.69) is 10.3 Å². The molecule has 2 rings (SSSR count). The molecule has 0 aliphatic carbocycles. The third-order valence-corrected chi connectivity index (χ3v) is 2.55. The van der Waals surface area contributed by atoms with E-state index in [1.807, 2.05) is 13.2 Å². The number of hydrogen-bond donors (Lipinski definition) is 1. The molecule has 1 aliphatic rings. The Bertz CT molecular complexity index is 299. The molecule has 78 valence electrons. The third-order valence-electron chi connectivity index (χ3n) is 2.55. The van der Waals surface area contributed by atoms with E-state index in [1.165, 1.54) is 0 Å². The van der Waals surface area contributed by atoms with Gasteiger partial charge in [-0.2, -0.15) is 0 Å². The fourth-order valence-electron chi connectivity index (χ4n) is 1.83. The second kappa shape index (κ2) is 4.06. The summed E-state index contributed by atoms with van der Waals surface area (Å²) >= 11 is 0. The van der Waals surface area contributed by atoms with Gasteiger partial charge in [0.1, 0.15) is 11.8 Å². The molecular weight excluding hydrogens is 180 g/mol. The first-order chi connectivity index (χ1) is 6.79. The molecule has 1 aliphatic heterocycles. The zero-order chi connectivity index (χ0) is 9.97. The minimum absolute atomic E-state index is 0.125. The van der Waals surface area contributed by atoms with Gasteiger partial charge in [0.2, 0.25) is 0 Å². The topological polar surface area (TPSA) is 66.0 Å². The molecule has 0 radical (unpaired) electrons. The molecule has 1 saturated heterocycles. The van der Waals surface area contributed by atoms with Crippen molar-refractivity contribution in [1.82, 2.24) is 15.0 Å². The van der Waals surface area contributed by atoms with Crippen LogP contribution in [0.4, 0.5) is 0 Å². The lowest BCUT2D eigenvalue weighted by Gasteiger charge is -2.10. The van der Waals surface area contributed by atoms with Gasteiger partial charge in [-0.15, -0.1) is 5.10 Å². The van der Waals surface area contributed by atoms with Gasteiger partial charge in [-0.3, -0.25) is 4.68 Å². The van der Waals surface area contributed by atoms with Crippen molar-refractivity contribution in [3.05, 3.63) is 11.9 Å². The lowest BCUT2D eigenvalue weighted by molar-refractivity contribution is 0.0391. The molecule has 2 atom stereocenters. The fraction of sp³-hybridized carbons (Fsp3) is 0.778. The highest BCUT2D eigenvalue weighted by atomic mass is 16.5. The minimum Gasteiger partial charge on any atom is -0.369 e.